The molecule has 9 nitrogen and oxygen atoms in total. The SMILES string of the molecule is CC(C)[C@@H](NCC(=O)O)C(=O)NC1(C(=O)NCc2ccc(C(=N)N)cc2)Cc2ccc3ccccc3c2C1.Cl. The van der Waals surface area contributed by atoms with Gasteiger partial charge in [-0.05, 0) is 33.4 Å². The minimum atomic E-state index is -1.24. The van der Waals surface area contributed by atoms with Gasteiger partial charge in [0.25, 0.3) is 0 Å². The van der Waals surface area contributed by atoms with Crippen LogP contribution < -0.4 is 21.7 Å². The van der Waals surface area contributed by atoms with Crippen LogP contribution in [0.25, 0.3) is 10.8 Å². The molecule has 0 heterocycles. The molecule has 1 aliphatic carbocycles. The first kappa shape index (κ1) is 29.6. The van der Waals surface area contributed by atoms with Crippen molar-refractivity contribution >= 4 is 46.8 Å². The molecule has 0 fully saturated rings. The lowest BCUT2D eigenvalue weighted by molar-refractivity contribution is -0.137. The molecule has 0 aromatic heterocycles. The molecule has 0 radical (unpaired) electrons. The summed E-state index contributed by atoms with van der Waals surface area (Å²) in [5.74, 6) is -2.03. The van der Waals surface area contributed by atoms with Gasteiger partial charge in [-0.3, -0.25) is 25.1 Å². The van der Waals surface area contributed by atoms with Gasteiger partial charge in [0.05, 0.1) is 12.6 Å². The fourth-order valence-corrected chi connectivity index (χ4v) is 5.05. The molecule has 3 aromatic carbocycles. The number of carbonyl (C=O) groups is 3. The van der Waals surface area contributed by atoms with Gasteiger partial charge in [-0.2, -0.15) is 0 Å². The average Bonchev–Trinajstić information content (AvgIpc) is 3.27. The summed E-state index contributed by atoms with van der Waals surface area (Å²) < 4.78 is 0. The van der Waals surface area contributed by atoms with Crippen molar-refractivity contribution in [3.8, 4) is 0 Å². The molecule has 3 aromatic rings. The van der Waals surface area contributed by atoms with Gasteiger partial charge in [-0.25, -0.2) is 0 Å². The number of fused-ring (bicyclic) bond motifs is 3. The Kier molecular flexibility index (Phi) is 9.32. The molecule has 7 N–H and O–H groups in total. The van der Waals surface area contributed by atoms with Gasteiger partial charge in [0.1, 0.15) is 11.4 Å². The van der Waals surface area contributed by atoms with E-state index < -0.39 is 23.5 Å². The second kappa shape index (κ2) is 12.3. The molecular weight excluding hydrogens is 518 g/mol. The summed E-state index contributed by atoms with van der Waals surface area (Å²) in [6.45, 7) is 3.52. The van der Waals surface area contributed by atoms with E-state index in [2.05, 4.69) is 16.0 Å². The standard InChI is InChI=1S/C29H33N5O4.ClH/c1-17(2)25(32-16-24(35)36)27(37)34-29(28(38)33-15-18-7-9-20(10-8-18)26(30)31)13-21-12-11-19-5-3-4-6-22(19)23(21)14-29;/h3-12,17,25,32H,13-16H2,1-2H3,(H3,30,31)(H,33,38)(H,34,37)(H,35,36);1H/t25-,29?;/m1./s1. The summed E-state index contributed by atoms with van der Waals surface area (Å²) in [5.41, 5.74) is 7.73. The van der Waals surface area contributed by atoms with Crippen LogP contribution in [-0.4, -0.2) is 46.9 Å². The number of amides is 2. The van der Waals surface area contributed by atoms with Crippen molar-refractivity contribution in [1.82, 2.24) is 16.0 Å². The van der Waals surface area contributed by atoms with Gasteiger partial charge < -0.3 is 21.5 Å². The monoisotopic (exact) mass is 551 g/mol. The Morgan fingerprint density at radius 3 is 2.36 bits per heavy atom. The zero-order chi connectivity index (χ0) is 27.4. The van der Waals surface area contributed by atoms with Crippen molar-refractivity contribution in [3.63, 3.8) is 0 Å². The highest BCUT2D eigenvalue weighted by Crippen LogP contribution is 2.36. The first-order valence-corrected chi connectivity index (χ1v) is 12.6. The first-order valence-electron chi connectivity index (χ1n) is 12.6. The van der Waals surface area contributed by atoms with Crippen LogP contribution in [0.3, 0.4) is 0 Å². The molecule has 4 rings (SSSR count). The second-order valence-corrected chi connectivity index (χ2v) is 10.1. The van der Waals surface area contributed by atoms with Crippen LogP contribution >= 0.6 is 12.4 Å². The predicted molar refractivity (Wildman–Crippen MR) is 153 cm³/mol. The minimum Gasteiger partial charge on any atom is -0.480 e. The number of carboxylic acid groups (broad SMARTS) is 1. The maximum atomic E-state index is 13.8. The topological polar surface area (TPSA) is 157 Å². The molecule has 206 valence electrons. The molecule has 0 bridgehead atoms. The van der Waals surface area contributed by atoms with E-state index in [9.17, 15) is 14.4 Å². The van der Waals surface area contributed by atoms with Crippen LogP contribution in [0.2, 0.25) is 0 Å². The van der Waals surface area contributed by atoms with E-state index in [1.807, 2.05) is 50.2 Å². The van der Waals surface area contributed by atoms with Gasteiger partial charge in [0, 0.05) is 24.9 Å². The van der Waals surface area contributed by atoms with E-state index in [0.29, 0.717) is 18.4 Å². The highest BCUT2D eigenvalue weighted by atomic mass is 35.5. The maximum absolute atomic E-state index is 13.8. The van der Waals surface area contributed by atoms with E-state index in [-0.39, 0.29) is 43.2 Å². The molecule has 0 spiro atoms. The molecule has 0 saturated carbocycles. The number of hydrogen-bond donors (Lipinski definition) is 6. The van der Waals surface area contributed by atoms with E-state index in [4.69, 9.17) is 16.2 Å². The number of nitrogen functional groups attached to an aromatic ring is 1. The van der Waals surface area contributed by atoms with Crippen molar-refractivity contribution < 1.29 is 19.5 Å². The van der Waals surface area contributed by atoms with Gasteiger partial charge >= 0.3 is 5.97 Å². The van der Waals surface area contributed by atoms with Crippen molar-refractivity contribution in [2.75, 3.05) is 6.54 Å². The lowest BCUT2D eigenvalue weighted by Crippen LogP contribution is -2.63. The van der Waals surface area contributed by atoms with Crippen LogP contribution in [0.15, 0.2) is 60.7 Å². The third kappa shape index (κ3) is 6.55. The number of halogens is 1. The number of carbonyl (C=O) groups excluding carboxylic acids is 2. The molecule has 0 aliphatic heterocycles. The smallest absolute Gasteiger partial charge is 0.317 e. The lowest BCUT2D eigenvalue weighted by atomic mass is 9.92. The van der Waals surface area contributed by atoms with Crippen LogP contribution in [0.4, 0.5) is 0 Å². The average molecular weight is 552 g/mol. The van der Waals surface area contributed by atoms with Crippen LogP contribution in [0.5, 0.6) is 0 Å². The van der Waals surface area contributed by atoms with Gasteiger partial charge in [0.15, 0.2) is 0 Å². The quantitative estimate of drug-likeness (QED) is 0.168. The summed E-state index contributed by atoms with van der Waals surface area (Å²) in [6, 6.07) is 18.2. The zero-order valence-electron chi connectivity index (χ0n) is 21.9. The molecule has 1 aliphatic rings. The summed E-state index contributed by atoms with van der Waals surface area (Å²) in [4.78, 5) is 38.4. The number of carboxylic acids is 1. The Labute approximate surface area is 233 Å². The van der Waals surface area contributed by atoms with Crippen molar-refractivity contribution in [2.24, 2.45) is 11.7 Å². The van der Waals surface area contributed by atoms with E-state index >= 15 is 0 Å². The number of rotatable bonds is 10. The highest BCUT2D eigenvalue weighted by Gasteiger charge is 2.46. The summed E-state index contributed by atoms with van der Waals surface area (Å²) >= 11 is 0. The van der Waals surface area contributed by atoms with Gasteiger partial charge in [0.2, 0.25) is 11.8 Å². The molecule has 2 atom stereocenters. The van der Waals surface area contributed by atoms with E-state index in [0.717, 1.165) is 27.5 Å². The highest BCUT2D eigenvalue weighted by molar-refractivity contribution is 5.97. The molecule has 2 amide bonds. The van der Waals surface area contributed by atoms with Crippen LogP contribution in [0.1, 0.15) is 36.1 Å². The minimum absolute atomic E-state index is 0. The van der Waals surface area contributed by atoms with Crippen molar-refractivity contribution in [3.05, 3.63) is 82.9 Å². The van der Waals surface area contributed by atoms with Crippen molar-refractivity contribution in [1.29, 1.82) is 5.41 Å². The number of nitrogens with one attached hydrogen (secondary N) is 4. The molecule has 10 heteroatoms. The zero-order valence-corrected chi connectivity index (χ0v) is 22.7. The Bertz CT molecular complexity index is 1390. The third-order valence-electron chi connectivity index (χ3n) is 7.05. The maximum Gasteiger partial charge on any atom is 0.317 e. The summed E-state index contributed by atoms with van der Waals surface area (Å²) in [6.07, 6.45) is 0.631. The van der Waals surface area contributed by atoms with E-state index in [1.54, 1.807) is 24.3 Å². The number of nitrogens with two attached hydrogens (primary N) is 1. The third-order valence-corrected chi connectivity index (χ3v) is 7.05. The Morgan fingerprint density at radius 1 is 1.03 bits per heavy atom. The number of hydrogen-bond acceptors (Lipinski definition) is 5. The molecule has 39 heavy (non-hydrogen) atoms. The fourth-order valence-electron chi connectivity index (χ4n) is 5.05. The van der Waals surface area contributed by atoms with E-state index in [1.165, 1.54) is 0 Å². The normalized spacial score (nSPS) is 16.7. The Morgan fingerprint density at radius 2 is 1.72 bits per heavy atom. The number of amidine groups is 1. The Hall–Kier alpha value is -3.95. The number of benzene rings is 3. The molecule has 0 saturated heterocycles. The predicted octanol–water partition coefficient (Wildman–Crippen LogP) is 2.51. The largest absolute Gasteiger partial charge is 0.480 e. The Balaban J connectivity index is 0.00000420. The summed E-state index contributed by atoms with van der Waals surface area (Å²) in [7, 11) is 0. The van der Waals surface area contributed by atoms with Crippen LogP contribution in [0, 0.1) is 11.3 Å². The first-order chi connectivity index (χ1) is 18.1. The molecule has 1 unspecified atom stereocenters. The van der Waals surface area contributed by atoms with Crippen LogP contribution in [-0.2, 0) is 33.8 Å². The second-order valence-electron chi connectivity index (χ2n) is 10.1. The van der Waals surface area contributed by atoms with Crippen molar-refractivity contribution in [2.45, 2.75) is 44.8 Å². The van der Waals surface area contributed by atoms with Gasteiger partial charge in [-0.15, -0.1) is 12.4 Å². The fraction of sp³-hybridized carbons (Fsp3) is 0.310. The lowest BCUT2D eigenvalue weighted by Gasteiger charge is -2.32. The van der Waals surface area contributed by atoms with Gasteiger partial charge in [-0.1, -0.05) is 74.5 Å². The molecular formula is C29H34ClN5O4. The number of aliphatic carboxylic acids is 1. The summed E-state index contributed by atoms with van der Waals surface area (Å²) in [5, 5.41) is 27.6.